The summed E-state index contributed by atoms with van der Waals surface area (Å²) in [5.41, 5.74) is 1.61. The molecule has 2 heterocycles. The van der Waals surface area contributed by atoms with E-state index in [2.05, 4.69) is 4.90 Å². The molecule has 1 fully saturated rings. The third-order valence-corrected chi connectivity index (χ3v) is 5.70. The Morgan fingerprint density at radius 3 is 2.42 bits per heavy atom. The van der Waals surface area contributed by atoms with Crippen molar-refractivity contribution in [2.45, 2.75) is 13.0 Å². The molecule has 2 aliphatic rings. The maximum Gasteiger partial charge on any atom is 0.338 e. The van der Waals surface area contributed by atoms with Crippen LogP contribution in [0.25, 0.3) is 0 Å². The van der Waals surface area contributed by atoms with Crippen LogP contribution in [0.3, 0.4) is 0 Å². The van der Waals surface area contributed by atoms with Gasteiger partial charge in [-0.1, -0.05) is 23.7 Å². The van der Waals surface area contributed by atoms with Crippen LogP contribution in [0.2, 0.25) is 5.02 Å². The highest BCUT2D eigenvalue weighted by Gasteiger charge is 2.35. The third-order valence-electron chi connectivity index (χ3n) is 5.45. The summed E-state index contributed by atoms with van der Waals surface area (Å²) in [5.74, 6) is -1.24. The van der Waals surface area contributed by atoms with E-state index in [0.717, 1.165) is 25.2 Å². The summed E-state index contributed by atoms with van der Waals surface area (Å²) < 4.78 is 10.7. The highest BCUT2D eigenvalue weighted by molar-refractivity contribution is 6.30. The number of fused-ring (bicyclic) bond motifs is 1. The first-order chi connectivity index (χ1) is 15.0. The van der Waals surface area contributed by atoms with E-state index >= 15 is 0 Å². The van der Waals surface area contributed by atoms with Gasteiger partial charge < -0.3 is 9.47 Å². The molecule has 0 radical (unpaired) electrons. The Morgan fingerprint density at radius 1 is 0.968 bits per heavy atom. The second-order valence-electron chi connectivity index (χ2n) is 7.53. The van der Waals surface area contributed by atoms with E-state index in [0.29, 0.717) is 36.8 Å². The fourth-order valence-corrected chi connectivity index (χ4v) is 3.84. The van der Waals surface area contributed by atoms with Crippen LogP contribution in [0.4, 0.5) is 0 Å². The first-order valence-corrected chi connectivity index (χ1v) is 10.6. The number of halogens is 1. The Hall–Kier alpha value is -2.74. The first kappa shape index (κ1) is 21.5. The second-order valence-corrected chi connectivity index (χ2v) is 7.97. The molecule has 1 saturated heterocycles. The van der Waals surface area contributed by atoms with Crippen LogP contribution < -0.4 is 0 Å². The zero-order valence-electron chi connectivity index (χ0n) is 17.0. The summed E-state index contributed by atoms with van der Waals surface area (Å²) in [6.45, 7) is 4.40. The van der Waals surface area contributed by atoms with Gasteiger partial charge in [-0.15, -0.1) is 0 Å². The number of esters is 1. The van der Waals surface area contributed by atoms with Crippen molar-refractivity contribution in [1.82, 2.24) is 9.80 Å². The van der Waals surface area contributed by atoms with Crippen molar-refractivity contribution >= 4 is 29.4 Å². The average molecular weight is 443 g/mol. The number of morpholine rings is 1. The molecule has 0 saturated carbocycles. The lowest BCUT2D eigenvalue weighted by Gasteiger charge is -2.27. The quantitative estimate of drug-likeness (QED) is 0.484. The number of imide groups is 1. The van der Waals surface area contributed by atoms with Crippen LogP contribution in [-0.2, 0) is 16.1 Å². The summed E-state index contributed by atoms with van der Waals surface area (Å²) in [5, 5.41) is 0.603. The van der Waals surface area contributed by atoms with Gasteiger partial charge in [0.05, 0.1) is 29.9 Å². The molecule has 31 heavy (non-hydrogen) atoms. The van der Waals surface area contributed by atoms with Crippen molar-refractivity contribution in [3.63, 3.8) is 0 Å². The Labute approximate surface area is 185 Å². The molecule has 2 aromatic rings. The smallest absolute Gasteiger partial charge is 0.338 e. The van der Waals surface area contributed by atoms with Gasteiger partial charge in [-0.2, -0.15) is 0 Å². The Balaban J connectivity index is 1.36. The number of benzene rings is 2. The van der Waals surface area contributed by atoms with Gasteiger partial charge in [-0.05, 0) is 42.3 Å². The fourth-order valence-electron chi connectivity index (χ4n) is 3.71. The van der Waals surface area contributed by atoms with Gasteiger partial charge in [0.25, 0.3) is 11.8 Å². The number of hydrogen-bond acceptors (Lipinski definition) is 6. The Bertz CT molecular complexity index is 986. The maximum absolute atomic E-state index is 12.8. The summed E-state index contributed by atoms with van der Waals surface area (Å²) in [4.78, 5) is 41.4. The molecule has 2 aliphatic heterocycles. The van der Waals surface area contributed by atoms with E-state index in [1.165, 1.54) is 23.1 Å². The zero-order chi connectivity index (χ0) is 21.8. The van der Waals surface area contributed by atoms with E-state index in [-0.39, 0.29) is 29.5 Å². The second kappa shape index (κ2) is 9.60. The van der Waals surface area contributed by atoms with Crippen LogP contribution in [0.5, 0.6) is 0 Å². The van der Waals surface area contributed by atoms with Gasteiger partial charge in [0, 0.05) is 31.2 Å². The summed E-state index contributed by atoms with van der Waals surface area (Å²) in [7, 11) is 0. The van der Waals surface area contributed by atoms with Gasteiger partial charge in [-0.25, -0.2) is 4.79 Å². The predicted molar refractivity (Wildman–Crippen MR) is 114 cm³/mol. The highest BCUT2D eigenvalue weighted by Crippen LogP contribution is 2.25. The highest BCUT2D eigenvalue weighted by atomic mass is 35.5. The van der Waals surface area contributed by atoms with Gasteiger partial charge in [0.2, 0.25) is 0 Å². The van der Waals surface area contributed by atoms with E-state index in [1.54, 1.807) is 24.3 Å². The largest absolute Gasteiger partial charge is 0.457 e. The number of carbonyl (C=O) groups is 3. The van der Waals surface area contributed by atoms with Crippen molar-refractivity contribution in [2.75, 3.05) is 39.4 Å². The van der Waals surface area contributed by atoms with Crippen molar-refractivity contribution in [1.29, 1.82) is 0 Å². The molecular weight excluding hydrogens is 420 g/mol. The van der Waals surface area contributed by atoms with Crippen molar-refractivity contribution in [3.8, 4) is 0 Å². The van der Waals surface area contributed by atoms with Crippen LogP contribution in [-0.4, -0.2) is 67.0 Å². The van der Waals surface area contributed by atoms with Gasteiger partial charge >= 0.3 is 5.97 Å². The predicted octanol–water partition coefficient (Wildman–Crippen LogP) is 3.02. The Kier molecular flexibility index (Phi) is 6.65. The standard InChI is InChI=1S/C23H23ClN2O5/c24-18-5-2-16(3-6-18)15-31-23(29)17-4-7-19-20(14-17)22(28)26(21(19)27)9-1-8-25-10-12-30-13-11-25/h2-7,14H,1,8-13,15H2. The maximum atomic E-state index is 12.8. The van der Waals surface area contributed by atoms with Crippen LogP contribution >= 0.6 is 11.6 Å². The molecule has 4 rings (SSSR count). The monoisotopic (exact) mass is 442 g/mol. The fraction of sp³-hybridized carbons (Fsp3) is 0.348. The van der Waals surface area contributed by atoms with E-state index in [4.69, 9.17) is 21.1 Å². The number of hydrogen-bond donors (Lipinski definition) is 0. The van der Waals surface area contributed by atoms with Crippen molar-refractivity contribution < 1.29 is 23.9 Å². The molecule has 0 unspecified atom stereocenters. The lowest BCUT2D eigenvalue weighted by atomic mass is 10.1. The molecule has 2 aromatic carbocycles. The van der Waals surface area contributed by atoms with Crippen molar-refractivity contribution in [3.05, 3.63) is 69.7 Å². The number of ether oxygens (including phenoxy) is 2. The van der Waals surface area contributed by atoms with Gasteiger partial charge in [0.1, 0.15) is 6.61 Å². The lowest BCUT2D eigenvalue weighted by molar-refractivity contribution is 0.0355. The minimum atomic E-state index is -0.552. The molecular formula is C23H23ClN2O5. The van der Waals surface area contributed by atoms with E-state index in [9.17, 15) is 14.4 Å². The first-order valence-electron chi connectivity index (χ1n) is 10.2. The van der Waals surface area contributed by atoms with Gasteiger partial charge in [-0.3, -0.25) is 19.4 Å². The topological polar surface area (TPSA) is 76.2 Å². The van der Waals surface area contributed by atoms with Gasteiger partial charge in [0.15, 0.2) is 0 Å². The number of carbonyl (C=O) groups excluding carboxylic acids is 3. The molecule has 2 amide bonds. The minimum absolute atomic E-state index is 0.0909. The molecule has 0 aromatic heterocycles. The number of amides is 2. The molecule has 0 aliphatic carbocycles. The minimum Gasteiger partial charge on any atom is -0.457 e. The molecule has 0 atom stereocenters. The number of nitrogens with zero attached hydrogens (tertiary/aromatic N) is 2. The Morgan fingerprint density at radius 2 is 1.68 bits per heavy atom. The molecule has 7 nitrogen and oxygen atoms in total. The normalized spacial score (nSPS) is 16.5. The lowest BCUT2D eigenvalue weighted by Crippen LogP contribution is -2.39. The molecule has 8 heteroatoms. The zero-order valence-corrected chi connectivity index (χ0v) is 17.8. The van der Waals surface area contributed by atoms with E-state index < -0.39 is 5.97 Å². The van der Waals surface area contributed by atoms with Crippen LogP contribution in [0, 0.1) is 0 Å². The molecule has 0 N–H and O–H groups in total. The molecule has 162 valence electrons. The van der Waals surface area contributed by atoms with Crippen molar-refractivity contribution in [2.24, 2.45) is 0 Å². The average Bonchev–Trinajstić information content (AvgIpc) is 3.03. The van der Waals surface area contributed by atoms with E-state index in [1.807, 2.05) is 0 Å². The number of rotatable bonds is 7. The molecule has 0 bridgehead atoms. The summed E-state index contributed by atoms with van der Waals surface area (Å²) in [6.07, 6.45) is 0.696. The molecule has 0 spiro atoms. The summed E-state index contributed by atoms with van der Waals surface area (Å²) in [6, 6.07) is 11.5. The third kappa shape index (κ3) is 4.95. The summed E-state index contributed by atoms with van der Waals surface area (Å²) >= 11 is 5.85. The SMILES string of the molecule is O=C(OCc1ccc(Cl)cc1)c1ccc2c(c1)C(=O)N(CCCN1CCOCC1)C2=O. The van der Waals surface area contributed by atoms with Crippen LogP contribution in [0.15, 0.2) is 42.5 Å². The van der Waals surface area contributed by atoms with Crippen LogP contribution in [0.1, 0.15) is 43.1 Å².